The first-order valence-electron chi connectivity index (χ1n) is 11.0. The second-order valence-electron chi connectivity index (χ2n) is 8.16. The largest absolute Gasteiger partial charge is 0.465 e. The van der Waals surface area contributed by atoms with Crippen molar-refractivity contribution in [3.8, 4) is 0 Å². The highest BCUT2D eigenvalue weighted by Gasteiger charge is 2.21. The minimum absolute atomic E-state index is 0.239. The number of fused-ring (bicyclic) bond motifs is 2. The summed E-state index contributed by atoms with van der Waals surface area (Å²) in [5.74, 6) is -0.852. The van der Waals surface area contributed by atoms with Gasteiger partial charge in [0.25, 0.3) is 11.5 Å². The van der Waals surface area contributed by atoms with Crippen LogP contribution >= 0.6 is 0 Å². The molecule has 3 heterocycles. The Morgan fingerprint density at radius 3 is 2.43 bits per heavy atom. The summed E-state index contributed by atoms with van der Waals surface area (Å²) in [4.78, 5) is 43.2. The van der Waals surface area contributed by atoms with Crippen molar-refractivity contribution in [2.24, 2.45) is 0 Å². The fourth-order valence-corrected chi connectivity index (χ4v) is 4.08. The molecule has 0 radical (unpaired) electrons. The Labute approximate surface area is 200 Å². The number of ether oxygens (including phenoxy) is 1. The number of carbonyl (C=O) groups is 2. The molecule has 0 aliphatic heterocycles. The van der Waals surface area contributed by atoms with Crippen molar-refractivity contribution in [3.05, 3.63) is 112 Å². The van der Waals surface area contributed by atoms with E-state index in [4.69, 9.17) is 9.72 Å². The Morgan fingerprint density at radius 2 is 1.71 bits per heavy atom. The average Bonchev–Trinajstić information content (AvgIpc) is 3.24. The quantitative estimate of drug-likeness (QED) is 0.395. The number of pyridine rings is 1. The van der Waals surface area contributed by atoms with E-state index in [9.17, 15) is 14.4 Å². The lowest BCUT2D eigenvalue weighted by molar-refractivity contribution is 0.0600. The van der Waals surface area contributed by atoms with Crippen LogP contribution in [0.1, 0.15) is 32.0 Å². The van der Waals surface area contributed by atoms with Crippen LogP contribution in [0.15, 0.2) is 83.8 Å². The first-order valence-corrected chi connectivity index (χ1v) is 11.0. The molecular weight excluding hydrogens is 444 g/mol. The Morgan fingerprint density at radius 1 is 0.971 bits per heavy atom. The Bertz CT molecular complexity index is 1630. The minimum atomic E-state index is -0.459. The van der Waals surface area contributed by atoms with Crippen LogP contribution < -0.4 is 10.9 Å². The van der Waals surface area contributed by atoms with Gasteiger partial charge < -0.3 is 14.6 Å². The molecule has 5 aromatic rings. The molecule has 0 saturated heterocycles. The van der Waals surface area contributed by atoms with E-state index in [1.807, 2.05) is 43.3 Å². The van der Waals surface area contributed by atoms with E-state index in [1.54, 1.807) is 47.2 Å². The molecule has 8 nitrogen and oxygen atoms in total. The van der Waals surface area contributed by atoms with Gasteiger partial charge in [-0.25, -0.2) is 9.78 Å². The Hall–Kier alpha value is -4.72. The summed E-state index contributed by atoms with van der Waals surface area (Å²) in [6, 6.07) is 21.3. The number of aryl methyl sites for hydroxylation is 1. The molecule has 0 aliphatic rings. The van der Waals surface area contributed by atoms with Crippen LogP contribution in [0.25, 0.3) is 16.7 Å². The number of hydrogen-bond acceptors (Lipinski definition) is 5. The number of aromatic nitrogens is 3. The Balaban J connectivity index is 1.62. The summed E-state index contributed by atoms with van der Waals surface area (Å²) in [7, 11) is 1.31. The average molecular weight is 466 g/mol. The zero-order chi connectivity index (χ0) is 24.5. The number of carbonyl (C=O) groups excluding carboxylic acids is 2. The van der Waals surface area contributed by atoms with Crippen molar-refractivity contribution in [2.75, 3.05) is 12.4 Å². The van der Waals surface area contributed by atoms with E-state index in [0.29, 0.717) is 40.2 Å². The van der Waals surface area contributed by atoms with Crippen LogP contribution in [-0.4, -0.2) is 32.9 Å². The van der Waals surface area contributed by atoms with Gasteiger partial charge in [-0.15, -0.1) is 0 Å². The highest BCUT2D eigenvalue weighted by Crippen LogP contribution is 2.21. The lowest BCUT2D eigenvalue weighted by atomic mass is 10.2. The van der Waals surface area contributed by atoms with Crippen LogP contribution in [-0.2, 0) is 11.3 Å². The van der Waals surface area contributed by atoms with Crippen molar-refractivity contribution < 1.29 is 14.3 Å². The van der Waals surface area contributed by atoms with Gasteiger partial charge in [0.05, 0.1) is 18.1 Å². The number of nitrogens with zero attached hydrogens (tertiary/aromatic N) is 3. The van der Waals surface area contributed by atoms with Crippen molar-refractivity contribution in [3.63, 3.8) is 0 Å². The first kappa shape index (κ1) is 22.1. The highest BCUT2D eigenvalue weighted by atomic mass is 16.5. The van der Waals surface area contributed by atoms with E-state index < -0.39 is 11.9 Å². The molecule has 1 amide bonds. The fourth-order valence-electron chi connectivity index (χ4n) is 4.08. The molecule has 1 N–H and O–H groups in total. The lowest BCUT2D eigenvalue weighted by Crippen LogP contribution is -2.18. The number of benzene rings is 2. The van der Waals surface area contributed by atoms with Crippen LogP contribution in [0, 0.1) is 6.92 Å². The molecule has 0 saturated carbocycles. The van der Waals surface area contributed by atoms with Crippen LogP contribution in [0.3, 0.4) is 0 Å². The number of methoxy groups -OCH3 is 1. The molecule has 35 heavy (non-hydrogen) atoms. The lowest BCUT2D eigenvalue weighted by Gasteiger charge is -2.12. The molecule has 0 unspecified atom stereocenters. The summed E-state index contributed by atoms with van der Waals surface area (Å²) in [6.45, 7) is 2.26. The van der Waals surface area contributed by atoms with E-state index in [1.165, 1.54) is 11.5 Å². The molecule has 0 spiro atoms. The molecule has 0 aliphatic carbocycles. The molecule has 0 bridgehead atoms. The van der Waals surface area contributed by atoms with Gasteiger partial charge in [-0.1, -0.05) is 36.4 Å². The summed E-state index contributed by atoms with van der Waals surface area (Å²) < 4.78 is 7.97. The maximum absolute atomic E-state index is 13.4. The monoisotopic (exact) mass is 466 g/mol. The maximum atomic E-state index is 13.4. The zero-order valence-electron chi connectivity index (χ0n) is 19.2. The third kappa shape index (κ3) is 4.06. The normalized spacial score (nSPS) is 11.0. The van der Waals surface area contributed by atoms with Crippen molar-refractivity contribution in [1.29, 1.82) is 0 Å². The number of anilines is 1. The summed E-state index contributed by atoms with van der Waals surface area (Å²) >= 11 is 0. The number of amides is 1. The summed E-state index contributed by atoms with van der Waals surface area (Å²) in [5.41, 5.74) is 3.76. The molecule has 2 aromatic carbocycles. The van der Waals surface area contributed by atoms with Gasteiger partial charge in [0.15, 0.2) is 0 Å². The standard InChI is InChI=1S/C27H22N4O4/c1-17-7-6-14-30-23(17)29-24-21(26(30)33)15-22(31(24)16-18-8-4-3-5-9-18)25(32)28-20-12-10-19(11-13-20)27(34)35-2/h3-15H,16H2,1-2H3,(H,28,32). The maximum Gasteiger partial charge on any atom is 0.337 e. The molecule has 0 fully saturated rings. The van der Waals surface area contributed by atoms with Gasteiger partial charge in [-0.05, 0) is 54.4 Å². The van der Waals surface area contributed by atoms with Gasteiger partial charge in [0.1, 0.15) is 17.0 Å². The first-order chi connectivity index (χ1) is 17.0. The second-order valence-corrected chi connectivity index (χ2v) is 8.16. The number of hydrogen-bond donors (Lipinski definition) is 1. The van der Waals surface area contributed by atoms with Gasteiger partial charge in [-0.2, -0.15) is 0 Å². The van der Waals surface area contributed by atoms with Gasteiger partial charge in [0, 0.05) is 18.4 Å². The topological polar surface area (TPSA) is 94.7 Å². The molecule has 8 heteroatoms. The van der Waals surface area contributed by atoms with E-state index >= 15 is 0 Å². The zero-order valence-corrected chi connectivity index (χ0v) is 19.2. The third-order valence-corrected chi connectivity index (χ3v) is 5.87. The summed E-state index contributed by atoms with van der Waals surface area (Å²) in [5, 5.41) is 3.21. The van der Waals surface area contributed by atoms with Gasteiger partial charge in [-0.3, -0.25) is 14.0 Å². The fraction of sp³-hybridized carbons (Fsp3) is 0.111. The SMILES string of the molecule is COC(=O)c1ccc(NC(=O)c2cc3c(=O)n4cccc(C)c4nc3n2Cc2ccccc2)cc1. The predicted molar refractivity (Wildman–Crippen MR) is 133 cm³/mol. The molecule has 3 aromatic heterocycles. The molecular formula is C27H22N4O4. The predicted octanol–water partition coefficient (Wildman–Crippen LogP) is 4.04. The van der Waals surface area contributed by atoms with Crippen molar-refractivity contribution >= 4 is 34.2 Å². The summed E-state index contributed by atoms with van der Waals surface area (Å²) in [6.07, 6.45) is 1.67. The van der Waals surface area contributed by atoms with Crippen molar-refractivity contribution in [2.45, 2.75) is 13.5 Å². The number of nitrogens with one attached hydrogen (secondary N) is 1. The van der Waals surface area contributed by atoms with Crippen LogP contribution in [0.2, 0.25) is 0 Å². The molecule has 5 rings (SSSR count). The van der Waals surface area contributed by atoms with Gasteiger partial charge in [0.2, 0.25) is 0 Å². The van der Waals surface area contributed by atoms with Crippen LogP contribution in [0.5, 0.6) is 0 Å². The smallest absolute Gasteiger partial charge is 0.337 e. The Kier molecular flexibility index (Phi) is 5.62. The second kappa shape index (κ2) is 8.90. The minimum Gasteiger partial charge on any atom is -0.465 e. The number of esters is 1. The molecule has 0 atom stereocenters. The van der Waals surface area contributed by atoms with Crippen LogP contribution in [0.4, 0.5) is 5.69 Å². The molecule has 174 valence electrons. The van der Waals surface area contributed by atoms with E-state index in [-0.39, 0.29) is 5.56 Å². The van der Waals surface area contributed by atoms with Gasteiger partial charge >= 0.3 is 5.97 Å². The van der Waals surface area contributed by atoms with E-state index in [2.05, 4.69) is 5.32 Å². The van der Waals surface area contributed by atoms with Crippen molar-refractivity contribution in [1.82, 2.24) is 14.0 Å². The third-order valence-electron chi connectivity index (χ3n) is 5.87. The number of rotatable bonds is 5. The highest BCUT2D eigenvalue weighted by molar-refractivity contribution is 6.06. The van der Waals surface area contributed by atoms with E-state index in [0.717, 1.165) is 11.1 Å².